The van der Waals surface area contributed by atoms with Crippen LogP contribution in [0.2, 0.25) is 0 Å². The summed E-state index contributed by atoms with van der Waals surface area (Å²) in [6.45, 7) is 0. The first-order chi connectivity index (χ1) is 8.63. The van der Waals surface area contributed by atoms with Gasteiger partial charge in [0.05, 0.1) is 7.11 Å². The Morgan fingerprint density at radius 1 is 1.28 bits per heavy atom. The fourth-order valence-electron chi connectivity index (χ4n) is 1.54. The topological polar surface area (TPSA) is 80.2 Å². The van der Waals surface area contributed by atoms with Crippen molar-refractivity contribution in [1.29, 1.82) is 0 Å². The van der Waals surface area contributed by atoms with Crippen molar-refractivity contribution < 1.29 is 19.0 Å². The van der Waals surface area contributed by atoms with E-state index in [1.54, 1.807) is 18.2 Å². The van der Waals surface area contributed by atoms with Crippen LogP contribution in [0.4, 0.5) is 0 Å². The number of esters is 1. The SMILES string of the molecule is COC(=O)C=Cc1c[n+]([O-])c2ccccc2[n+]1[O-]. The minimum Gasteiger partial charge on any atom is -0.618 e. The van der Waals surface area contributed by atoms with E-state index in [4.69, 9.17) is 0 Å². The number of fused-ring (bicyclic) bond motifs is 1. The molecule has 0 aliphatic rings. The van der Waals surface area contributed by atoms with Crippen LogP contribution in [0.5, 0.6) is 0 Å². The molecule has 6 nitrogen and oxygen atoms in total. The number of rotatable bonds is 2. The van der Waals surface area contributed by atoms with Crippen LogP contribution < -0.4 is 9.46 Å². The van der Waals surface area contributed by atoms with E-state index in [0.29, 0.717) is 9.46 Å². The first-order valence-electron chi connectivity index (χ1n) is 5.14. The van der Waals surface area contributed by atoms with Crippen molar-refractivity contribution in [2.24, 2.45) is 0 Å². The molecular weight excluding hydrogens is 236 g/mol. The van der Waals surface area contributed by atoms with Gasteiger partial charge in [-0.25, -0.2) is 4.79 Å². The molecule has 0 radical (unpaired) electrons. The summed E-state index contributed by atoms with van der Waals surface area (Å²) >= 11 is 0. The average Bonchev–Trinajstić information content (AvgIpc) is 2.41. The van der Waals surface area contributed by atoms with Crippen molar-refractivity contribution in [3.63, 3.8) is 0 Å². The standard InChI is InChI=1S/C12H10N2O4/c1-18-12(15)7-6-9-8-13(16)10-4-2-3-5-11(10)14(9)17/h2-8H,1H3. The van der Waals surface area contributed by atoms with Crippen LogP contribution in [0.3, 0.4) is 0 Å². The lowest BCUT2D eigenvalue weighted by molar-refractivity contribution is -0.630. The van der Waals surface area contributed by atoms with Gasteiger partial charge in [0, 0.05) is 24.3 Å². The molecule has 2 aromatic rings. The average molecular weight is 246 g/mol. The van der Waals surface area contributed by atoms with Crippen molar-refractivity contribution in [2.45, 2.75) is 0 Å². The smallest absolute Gasteiger partial charge is 0.330 e. The maximum absolute atomic E-state index is 11.9. The molecule has 18 heavy (non-hydrogen) atoms. The number of para-hydroxylation sites is 2. The lowest BCUT2D eigenvalue weighted by Crippen LogP contribution is -2.40. The number of benzene rings is 1. The third-order valence-corrected chi connectivity index (χ3v) is 2.41. The minimum absolute atomic E-state index is 0.0640. The molecule has 0 aliphatic heterocycles. The quantitative estimate of drug-likeness (QED) is 0.330. The van der Waals surface area contributed by atoms with Gasteiger partial charge in [0.25, 0.3) is 22.9 Å². The first-order valence-corrected chi connectivity index (χ1v) is 5.14. The van der Waals surface area contributed by atoms with Gasteiger partial charge in [-0.1, -0.05) is 12.1 Å². The van der Waals surface area contributed by atoms with E-state index >= 15 is 0 Å². The predicted octanol–water partition coefficient (Wildman–Crippen LogP) is 0.293. The molecule has 1 aromatic heterocycles. The highest BCUT2D eigenvalue weighted by Crippen LogP contribution is 2.05. The van der Waals surface area contributed by atoms with E-state index in [0.717, 1.165) is 12.3 Å². The first kappa shape index (κ1) is 11.8. The number of carbonyl (C=O) groups is 1. The van der Waals surface area contributed by atoms with Crippen LogP contribution in [-0.2, 0) is 9.53 Å². The molecule has 0 atom stereocenters. The Hall–Kier alpha value is -2.63. The van der Waals surface area contributed by atoms with Gasteiger partial charge < -0.3 is 15.2 Å². The fourth-order valence-corrected chi connectivity index (χ4v) is 1.54. The van der Waals surface area contributed by atoms with Gasteiger partial charge in [-0.15, -0.1) is 0 Å². The lowest BCUT2D eigenvalue weighted by atomic mass is 10.3. The van der Waals surface area contributed by atoms with Gasteiger partial charge in [-0.3, -0.25) is 0 Å². The van der Waals surface area contributed by atoms with Gasteiger partial charge in [0.15, 0.2) is 0 Å². The van der Waals surface area contributed by atoms with Gasteiger partial charge in [-0.05, 0) is 0 Å². The largest absolute Gasteiger partial charge is 0.618 e. The number of methoxy groups -OCH3 is 1. The Morgan fingerprint density at radius 3 is 2.61 bits per heavy atom. The maximum atomic E-state index is 11.9. The Kier molecular flexibility index (Phi) is 3.09. The van der Waals surface area contributed by atoms with Gasteiger partial charge in [-0.2, -0.15) is 9.46 Å². The second-order valence-electron chi connectivity index (χ2n) is 3.52. The van der Waals surface area contributed by atoms with Crippen LogP contribution in [0, 0.1) is 10.4 Å². The Morgan fingerprint density at radius 2 is 1.94 bits per heavy atom. The Balaban J connectivity index is 2.56. The third-order valence-electron chi connectivity index (χ3n) is 2.41. The summed E-state index contributed by atoms with van der Waals surface area (Å²) < 4.78 is 5.58. The summed E-state index contributed by atoms with van der Waals surface area (Å²) in [6.07, 6.45) is 3.42. The molecule has 0 amide bonds. The summed E-state index contributed by atoms with van der Waals surface area (Å²) in [6, 6.07) is 6.40. The molecule has 0 spiro atoms. The van der Waals surface area contributed by atoms with Crippen LogP contribution in [0.15, 0.2) is 36.5 Å². The summed E-state index contributed by atoms with van der Waals surface area (Å²) in [5.74, 6) is -0.597. The van der Waals surface area contributed by atoms with Crippen molar-refractivity contribution in [1.82, 2.24) is 0 Å². The molecule has 6 heteroatoms. The number of aromatic nitrogens is 2. The third kappa shape index (κ3) is 2.08. The van der Waals surface area contributed by atoms with Gasteiger partial charge >= 0.3 is 5.97 Å². The molecule has 1 aromatic carbocycles. The molecule has 1 heterocycles. The molecule has 0 unspecified atom stereocenters. The molecular formula is C12H10N2O4. The second-order valence-corrected chi connectivity index (χ2v) is 3.52. The molecule has 0 bridgehead atoms. The van der Waals surface area contributed by atoms with Crippen LogP contribution in [-0.4, -0.2) is 13.1 Å². The summed E-state index contributed by atoms with van der Waals surface area (Å²) in [4.78, 5) is 10.9. The Bertz CT molecular complexity index is 637. The van der Waals surface area contributed by atoms with Crippen LogP contribution >= 0.6 is 0 Å². The summed E-state index contributed by atoms with van der Waals surface area (Å²) in [5.41, 5.74) is 0.566. The van der Waals surface area contributed by atoms with Crippen molar-refractivity contribution in [3.05, 3.63) is 52.6 Å². The lowest BCUT2D eigenvalue weighted by Gasteiger charge is -2.05. The van der Waals surface area contributed by atoms with E-state index in [1.807, 2.05) is 0 Å². The van der Waals surface area contributed by atoms with E-state index in [2.05, 4.69) is 4.74 Å². The summed E-state index contributed by atoms with van der Waals surface area (Å²) in [7, 11) is 1.23. The highest BCUT2D eigenvalue weighted by molar-refractivity contribution is 5.86. The fraction of sp³-hybridized carbons (Fsp3) is 0.0833. The van der Waals surface area contributed by atoms with Crippen molar-refractivity contribution >= 4 is 23.1 Å². The van der Waals surface area contributed by atoms with Gasteiger partial charge in [0.1, 0.15) is 0 Å². The number of hydrogen-bond acceptors (Lipinski definition) is 4. The Labute approximate surface area is 103 Å². The number of ether oxygens (including phenoxy) is 1. The predicted molar refractivity (Wildman–Crippen MR) is 62.9 cm³/mol. The van der Waals surface area contributed by atoms with E-state index < -0.39 is 5.97 Å². The zero-order valence-electron chi connectivity index (χ0n) is 9.57. The monoisotopic (exact) mass is 246 g/mol. The molecule has 92 valence electrons. The molecule has 0 saturated heterocycles. The van der Waals surface area contributed by atoms with Crippen molar-refractivity contribution in [3.8, 4) is 0 Å². The summed E-state index contributed by atoms with van der Waals surface area (Å²) in [5, 5.41) is 23.6. The normalized spacial score (nSPS) is 10.9. The zero-order chi connectivity index (χ0) is 13.1. The van der Waals surface area contributed by atoms with Crippen LogP contribution in [0.25, 0.3) is 17.1 Å². The van der Waals surface area contributed by atoms with Crippen LogP contribution in [0.1, 0.15) is 5.69 Å². The molecule has 0 saturated carbocycles. The highest BCUT2D eigenvalue weighted by Gasteiger charge is 2.16. The van der Waals surface area contributed by atoms with Gasteiger partial charge in [0.2, 0.25) is 0 Å². The molecule has 0 N–H and O–H groups in total. The number of hydrogen-bond donors (Lipinski definition) is 0. The van der Waals surface area contributed by atoms with E-state index in [9.17, 15) is 15.2 Å². The van der Waals surface area contributed by atoms with E-state index in [-0.39, 0.29) is 16.7 Å². The molecule has 0 fully saturated rings. The number of carbonyl (C=O) groups excluding carboxylic acids is 1. The molecule has 2 rings (SSSR count). The second kappa shape index (κ2) is 4.70. The van der Waals surface area contributed by atoms with Crippen molar-refractivity contribution in [2.75, 3.05) is 7.11 Å². The maximum Gasteiger partial charge on any atom is 0.330 e. The zero-order valence-corrected chi connectivity index (χ0v) is 9.57. The number of nitrogens with zero attached hydrogens (tertiary/aromatic N) is 2. The minimum atomic E-state index is -0.597. The highest BCUT2D eigenvalue weighted by atomic mass is 16.5. The van der Waals surface area contributed by atoms with E-state index in [1.165, 1.54) is 19.3 Å². The molecule has 0 aliphatic carbocycles.